The lowest BCUT2D eigenvalue weighted by atomic mass is 9.86. The number of allylic oxidation sites excluding steroid dienone is 2. The predicted octanol–water partition coefficient (Wildman–Crippen LogP) is 2.94. The van der Waals surface area contributed by atoms with Gasteiger partial charge in [-0.25, -0.2) is 4.98 Å². The third-order valence-corrected chi connectivity index (χ3v) is 5.71. The Kier molecular flexibility index (Phi) is 4.64. The van der Waals surface area contributed by atoms with Crippen LogP contribution in [-0.4, -0.2) is 41.7 Å². The van der Waals surface area contributed by atoms with Crippen LogP contribution in [-0.2, 0) is 11.2 Å². The molecule has 2 saturated heterocycles. The summed E-state index contributed by atoms with van der Waals surface area (Å²) in [7, 11) is 0. The highest BCUT2D eigenvalue weighted by molar-refractivity contribution is 5.22. The van der Waals surface area contributed by atoms with Gasteiger partial charge in [-0.2, -0.15) is 5.26 Å². The van der Waals surface area contributed by atoms with E-state index in [1.807, 2.05) is 12.1 Å². The Balaban J connectivity index is 1.27. The normalized spacial score (nSPS) is 32.6. The molecule has 126 valence electrons. The monoisotopic (exact) mass is 323 g/mol. The summed E-state index contributed by atoms with van der Waals surface area (Å²) in [6.07, 6.45) is 10.9. The summed E-state index contributed by atoms with van der Waals surface area (Å²) in [5, 5.41) is 8.96. The molecular formula is C20H25N3O. The molecule has 1 aromatic heterocycles. The smallest absolute Gasteiger partial charge is 0.140 e. The van der Waals surface area contributed by atoms with Gasteiger partial charge in [0.1, 0.15) is 11.8 Å². The first-order valence-electron chi connectivity index (χ1n) is 9.19. The average molecular weight is 323 g/mol. The first-order valence-corrected chi connectivity index (χ1v) is 9.19. The number of rotatable bonds is 4. The molecule has 2 fully saturated rings. The van der Waals surface area contributed by atoms with Gasteiger partial charge in [0.25, 0.3) is 0 Å². The summed E-state index contributed by atoms with van der Waals surface area (Å²) in [5.41, 5.74) is 1.47. The minimum Gasteiger partial charge on any atom is -0.373 e. The number of ether oxygens (including phenoxy) is 1. The Morgan fingerprint density at radius 3 is 2.62 bits per heavy atom. The summed E-state index contributed by atoms with van der Waals surface area (Å²) in [4.78, 5) is 6.99. The van der Waals surface area contributed by atoms with Gasteiger partial charge < -0.3 is 9.64 Å². The second-order valence-electron chi connectivity index (χ2n) is 7.47. The fourth-order valence-electron chi connectivity index (χ4n) is 4.50. The van der Waals surface area contributed by atoms with E-state index in [2.05, 4.69) is 28.1 Å². The summed E-state index contributed by atoms with van der Waals surface area (Å²) in [6, 6.07) is 7.77. The number of fused-ring (bicyclic) bond motifs is 1. The standard InChI is InChI=1S/C20H25N3O/c21-11-18-7-3-6-17(22-18)10-19-8-9-20(24-19)14-23-12-15-4-1-2-5-16(15)13-23/h1-3,6-7,15-16,19-20H,4-5,8-10,12-14H2/t15-,16+,19-,20+/m0/s1. The highest BCUT2D eigenvalue weighted by Crippen LogP contribution is 2.34. The van der Waals surface area contributed by atoms with Crippen LogP contribution >= 0.6 is 0 Å². The van der Waals surface area contributed by atoms with Crippen molar-refractivity contribution in [1.29, 1.82) is 5.26 Å². The molecule has 0 bridgehead atoms. The fraction of sp³-hybridized carbons (Fsp3) is 0.600. The quantitative estimate of drug-likeness (QED) is 0.799. The van der Waals surface area contributed by atoms with Gasteiger partial charge in [0.05, 0.1) is 12.2 Å². The maximum absolute atomic E-state index is 8.96. The third-order valence-electron chi connectivity index (χ3n) is 5.71. The number of hydrogen-bond donors (Lipinski definition) is 0. The van der Waals surface area contributed by atoms with Gasteiger partial charge >= 0.3 is 0 Å². The summed E-state index contributed by atoms with van der Waals surface area (Å²) in [6.45, 7) is 3.56. The van der Waals surface area contributed by atoms with Gasteiger partial charge in [-0.05, 0) is 49.7 Å². The lowest BCUT2D eigenvalue weighted by Gasteiger charge is -2.21. The minimum absolute atomic E-state index is 0.253. The lowest BCUT2D eigenvalue weighted by molar-refractivity contribution is 0.0262. The molecule has 4 atom stereocenters. The molecule has 0 aromatic carbocycles. The second-order valence-corrected chi connectivity index (χ2v) is 7.47. The highest BCUT2D eigenvalue weighted by Gasteiger charge is 2.35. The van der Waals surface area contributed by atoms with Crippen molar-refractivity contribution in [1.82, 2.24) is 9.88 Å². The van der Waals surface area contributed by atoms with Crippen molar-refractivity contribution in [2.45, 2.75) is 44.3 Å². The Bertz CT molecular complexity index is 635. The topological polar surface area (TPSA) is 49.2 Å². The van der Waals surface area contributed by atoms with Gasteiger partial charge in [-0.3, -0.25) is 0 Å². The predicted molar refractivity (Wildman–Crippen MR) is 92.3 cm³/mol. The van der Waals surface area contributed by atoms with Crippen LogP contribution in [0.3, 0.4) is 0 Å². The Labute approximate surface area is 144 Å². The number of nitrogens with zero attached hydrogens (tertiary/aromatic N) is 3. The molecule has 3 heterocycles. The van der Waals surface area contributed by atoms with Crippen LogP contribution in [0.4, 0.5) is 0 Å². The van der Waals surface area contributed by atoms with Crippen molar-refractivity contribution in [2.24, 2.45) is 11.8 Å². The molecule has 0 unspecified atom stereocenters. The zero-order valence-electron chi connectivity index (χ0n) is 14.1. The van der Waals surface area contributed by atoms with Crippen molar-refractivity contribution in [3.63, 3.8) is 0 Å². The Morgan fingerprint density at radius 2 is 1.88 bits per heavy atom. The van der Waals surface area contributed by atoms with Gasteiger partial charge in [-0.1, -0.05) is 18.2 Å². The van der Waals surface area contributed by atoms with Gasteiger partial charge in [-0.15, -0.1) is 0 Å². The molecule has 0 amide bonds. The summed E-state index contributed by atoms with van der Waals surface area (Å²) in [5.74, 6) is 1.73. The van der Waals surface area contributed by atoms with Gasteiger partial charge in [0.2, 0.25) is 0 Å². The molecule has 0 radical (unpaired) electrons. The number of hydrogen-bond acceptors (Lipinski definition) is 4. The van der Waals surface area contributed by atoms with Crippen LogP contribution < -0.4 is 0 Å². The zero-order valence-corrected chi connectivity index (χ0v) is 14.1. The summed E-state index contributed by atoms with van der Waals surface area (Å²) < 4.78 is 6.27. The molecule has 0 saturated carbocycles. The molecule has 3 aliphatic rings. The molecule has 4 rings (SSSR count). The largest absolute Gasteiger partial charge is 0.373 e. The van der Waals surface area contributed by atoms with Crippen molar-refractivity contribution in [3.05, 3.63) is 41.7 Å². The first-order chi connectivity index (χ1) is 11.8. The number of nitriles is 1. The van der Waals surface area contributed by atoms with E-state index in [1.165, 1.54) is 25.9 Å². The van der Waals surface area contributed by atoms with Crippen LogP contribution in [0.1, 0.15) is 37.1 Å². The minimum atomic E-state index is 0.253. The SMILES string of the molecule is N#Cc1cccc(C[C@@H]2CC[C@H](CN3C[C@H]4CC=CC[C@H]4C3)O2)n1. The van der Waals surface area contributed by atoms with E-state index in [4.69, 9.17) is 10.00 Å². The van der Waals surface area contributed by atoms with E-state index in [0.29, 0.717) is 11.8 Å². The van der Waals surface area contributed by atoms with E-state index in [-0.39, 0.29) is 6.10 Å². The van der Waals surface area contributed by atoms with E-state index in [1.54, 1.807) is 6.07 Å². The summed E-state index contributed by atoms with van der Waals surface area (Å²) >= 11 is 0. The van der Waals surface area contributed by atoms with E-state index < -0.39 is 0 Å². The first kappa shape index (κ1) is 15.8. The zero-order chi connectivity index (χ0) is 16.4. The molecular weight excluding hydrogens is 298 g/mol. The molecule has 1 aromatic rings. The van der Waals surface area contributed by atoms with Crippen LogP contribution in [0.25, 0.3) is 0 Å². The van der Waals surface area contributed by atoms with E-state index in [0.717, 1.165) is 43.3 Å². The fourth-order valence-corrected chi connectivity index (χ4v) is 4.50. The molecule has 0 spiro atoms. The Hall–Kier alpha value is -1.70. The van der Waals surface area contributed by atoms with Crippen molar-refractivity contribution >= 4 is 0 Å². The Morgan fingerprint density at radius 1 is 1.12 bits per heavy atom. The lowest BCUT2D eigenvalue weighted by Crippen LogP contribution is -2.31. The molecule has 4 heteroatoms. The number of pyridine rings is 1. The molecule has 4 nitrogen and oxygen atoms in total. The average Bonchev–Trinajstić information content (AvgIpc) is 3.21. The van der Waals surface area contributed by atoms with Crippen molar-refractivity contribution < 1.29 is 4.74 Å². The van der Waals surface area contributed by atoms with Crippen molar-refractivity contribution in [3.8, 4) is 6.07 Å². The maximum atomic E-state index is 8.96. The molecule has 1 aliphatic carbocycles. The maximum Gasteiger partial charge on any atom is 0.140 e. The molecule has 24 heavy (non-hydrogen) atoms. The van der Waals surface area contributed by atoms with Crippen LogP contribution in [0, 0.1) is 23.2 Å². The van der Waals surface area contributed by atoms with Gasteiger partial charge in [0.15, 0.2) is 0 Å². The number of aromatic nitrogens is 1. The van der Waals surface area contributed by atoms with E-state index >= 15 is 0 Å². The van der Waals surface area contributed by atoms with Gasteiger partial charge in [0, 0.05) is 31.7 Å². The number of likely N-dealkylation sites (tertiary alicyclic amines) is 1. The van der Waals surface area contributed by atoms with E-state index in [9.17, 15) is 0 Å². The second kappa shape index (κ2) is 7.04. The van der Waals surface area contributed by atoms with Crippen molar-refractivity contribution in [2.75, 3.05) is 19.6 Å². The van der Waals surface area contributed by atoms with Crippen LogP contribution in [0.2, 0.25) is 0 Å². The molecule has 2 aliphatic heterocycles. The molecule has 0 N–H and O–H groups in total. The van der Waals surface area contributed by atoms with Crippen LogP contribution in [0.15, 0.2) is 30.4 Å². The van der Waals surface area contributed by atoms with Crippen LogP contribution in [0.5, 0.6) is 0 Å². The third kappa shape index (κ3) is 3.53. The highest BCUT2D eigenvalue weighted by atomic mass is 16.5.